The molecule has 108 valence electrons. The Bertz CT molecular complexity index is 652. The molecule has 20 heavy (non-hydrogen) atoms. The third kappa shape index (κ3) is 3.82. The van der Waals surface area contributed by atoms with Gasteiger partial charge < -0.3 is 5.73 Å². The molecule has 0 unspecified atom stereocenters. The molecule has 1 aromatic heterocycles. The first-order valence-electron chi connectivity index (χ1n) is 6.29. The molecule has 0 radical (unpaired) electrons. The summed E-state index contributed by atoms with van der Waals surface area (Å²) in [7, 11) is -1.72. The normalized spacial score (nSPS) is 11.9. The molecule has 0 atom stereocenters. The van der Waals surface area contributed by atoms with Gasteiger partial charge in [-0.05, 0) is 29.5 Å². The van der Waals surface area contributed by atoms with Gasteiger partial charge in [-0.1, -0.05) is 24.3 Å². The highest BCUT2D eigenvalue weighted by atomic mass is 32.2. The van der Waals surface area contributed by atoms with Crippen LogP contribution in [0, 0.1) is 0 Å². The standard InChI is InChI=1S/C14H18N2O2S2/c1-16(9-8-13-6-4-10-19-13)20(17,18)11-12-5-2-3-7-14(12)15/h2-7,10H,8-9,11,15H2,1H3. The Balaban J connectivity index is 2.00. The maximum absolute atomic E-state index is 12.3. The zero-order valence-electron chi connectivity index (χ0n) is 11.3. The number of nitrogen functional groups attached to an aromatic ring is 1. The lowest BCUT2D eigenvalue weighted by Crippen LogP contribution is -2.30. The number of anilines is 1. The highest BCUT2D eigenvalue weighted by molar-refractivity contribution is 7.88. The van der Waals surface area contributed by atoms with Gasteiger partial charge in [0.05, 0.1) is 5.75 Å². The van der Waals surface area contributed by atoms with E-state index in [1.165, 1.54) is 9.18 Å². The monoisotopic (exact) mass is 310 g/mol. The van der Waals surface area contributed by atoms with E-state index < -0.39 is 10.0 Å². The molecular formula is C14H18N2O2S2. The van der Waals surface area contributed by atoms with Crippen LogP contribution in [0.5, 0.6) is 0 Å². The van der Waals surface area contributed by atoms with Crippen LogP contribution in [0.25, 0.3) is 0 Å². The number of hydrogen-bond donors (Lipinski definition) is 1. The van der Waals surface area contributed by atoms with Crippen LogP contribution in [0.2, 0.25) is 0 Å². The topological polar surface area (TPSA) is 63.4 Å². The van der Waals surface area contributed by atoms with Gasteiger partial charge in [-0.2, -0.15) is 0 Å². The minimum absolute atomic E-state index is 0.0549. The largest absolute Gasteiger partial charge is 0.398 e. The van der Waals surface area contributed by atoms with E-state index in [9.17, 15) is 8.42 Å². The lowest BCUT2D eigenvalue weighted by molar-refractivity contribution is 0.473. The average molecular weight is 310 g/mol. The highest BCUT2D eigenvalue weighted by Gasteiger charge is 2.19. The van der Waals surface area contributed by atoms with E-state index in [0.29, 0.717) is 17.8 Å². The maximum atomic E-state index is 12.3. The number of nitrogens with two attached hydrogens (primary N) is 1. The summed E-state index contributed by atoms with van der Waals surface area (Å²) in [4.78, 5) is 1.19. The van der Waals surface area contributed by atoms with E-state index in [1.807, 2.05) is 17.5 Å². The number of rotatable bonds is 6. The summed E-state index contributed by atoms with van der Waals surface area (Å²) in [5.41, 5.74) is 6.96. The van der Waals surface area contributed by atoms with Crippen LogP contribution < -0.4 is 5.73 Å². The van der Waals surface area contributed by atoms with Crippen molar-refractivity contribution in [1.29, 1.82) is 0 Å². The average Bonchev–Trinajstić information content (AvgIpc) is 2.91. The second-order valence-corrected chi connectivity index (χ2v) is 7.71. The highest BCUT2D eigenvalue weighted by Crippen LogP contribution is 2.17. The first-order chi connectivity index (χ1) is 9.49. The first kappa shape index (κ1) is 15.0. The number of thiophene rings is 1. The van der Waals surface area contributed by atoms with Gasteiger partial charge in [0.15, 0.2) is 0 Å². The van der Waals surface area contributed by atoms with E-state index in [2.05, 4.69) is 0 Å². The smallest absolute Gasteiger partial charge is 0.218 e. The third-order valence-electron chi connectivity index (χ3n) is 3.12. The van der Waals surface area contributed by atoms with Crippen molar-refractivity contribution in [2.45, 2.75) is 12.2 Å². The van der Waals surface area contributed by atoms with Crippen LogP contribution in [-0.4, -0.2) is 26.3 Å². The van der Waals surface area contributed by atoms with Gasteiger partial charge in [-0.25, -0.2) is 12.7 Å². The Morgan fingerprint density at radius 3 is 2.60 bits per heavy atom. The SMILES string of the molecule is CN(CCc1cccs1)S(=O)(=O)Cc1ccccc1N. The molecule has 0 saturated carbocycles. The van der Waals surface area contributed by atoms with Gasteiger partial charge in [-0.15, -0.1) is 11.3 Å². The van der Waals surface area contributed by atoms with Crippen LogP contribution in [0.4, 0.5) is 5.69 Å². The molecular weight excluding hydrogens is 292 g/mol. The van der Waals surface area contributed by atoms with Crippen LogP contribution in [0.1, 0.15) is 10.4 Å². The Hall–Kier alpha value is -1.37. The molecule has 1 aromatic carbocycles. The number of nitrogens with zero attached hydrogens (tertiary/aromatic N) is 1. The van der Waals surface area contributed by atoms with Gasteiger partial charge in [0.2, 0.25) is 10.0 Å². The molecule has 2 N–H and O–H groups in total. The van der Waals surface area contributed by atoms with Crippen molar-refractivity contribution in [2.75, 3.05) is 19.3 Å². The summed E-state index contributed by atoms with van der Waals surface area (Å²) in [6, 6.07) is 11.1. The molecule has 0 aliphatic rings. The number of likely N-dealkylation sites (N-methyl/N-ethyl adjacent to an activating group) is 1. The molecule has 0 aliphatic heterocycles. The molecule has 0 amide bonds. The Kier molecular flexibility index (Phi) is 4.80. The van der Waals surface area contributed by atoms with Gasteiger partial charge in [0.1, 0.15) is 0 Å². The van der Waals surface area contributed by atoms with Crippen LogP contribution in [0.3, 0.4) is 0 Å². The zero-order valence-corrected chi connectivity index (χ0v) is 13.0. The van der Waals surface area contributed by atoms with Gasteiger partial charge in [-0.3, -0.25) is 0 Å². The number of sulfonamides is 1. The minimum atomic E-state index is -3.33. The van der Waals surface area contributed by atoms with Gasteiger partial charge >= 0.3 is 0 Å². The molecule has 2 rings (SSSR count). The van der Waals surface area contributed by atoms with Gasteiger partial charge in [0.25, 0.3) is 0 Å². The molecule has 0 fully saturated rings. The zero-order chi connectivity index (χ0) is 14.6. The summed E-state index contributed by atoms with van der Waals surface area (Å²) < 4.78 is 26.0. The van der Waals surface area contributed by atoms with Crippen molar-refractivity contribution in [1.82, 2.24) is 4.31 Å². The Morgan fingerprint density at radius 2 is 1.95 bits per heavy atom. The second-order valence-electron chi connectivity index (χ2n) is 4.61. The van der Waals surface area contributed by atoms with Crippen molar-refractivity contribution in [2.24, 2.45) is 0 Å². The fraction of sp³-hybridized carbons (Fsp3) is 0.286. The van der Waals surface area contributed by atoms with Crippen LogP contribution >= 0.6 is 11.3 Å². The van der Waals surface area contributed by atoms with Crippen LogP contribution in [-0.2, 0) is 22.2 Å². The predicted molar refractivity (Wildman–Crippen MR) is 84.1 cm³/mol. The summed E-state index contributed by atoms with van der Waals surface area (Å²) in [5, 5.41) is 1.99. The van der Waals surface area contributed by atoms with Gasteiger partial charge in [0, 0.05) is 24.2 Å². The molecule has 4 nitrogen and oxygen atoms in total. The van der Waals surface area contributed by atoms with Crippen molar-refractivity contribution in [3.63, 3.8) is 0 Å². The molecule has 6 heteroatoms. The first-order valence-corrected chi connectivity index (χ1v) is 8.78. The molecule has 0 spiro atoms. The Labute approximate surface area is 123 Å². The van der Waals surface area contributed by atoms with Crippen LogP contribution in [0.15, 0.2) is 41.8 Å². The van der Waals surface area contributed by atoms with Crippen molar-refractivity contribution < 1.29 is 8.42 Å². The summed E-state index contributed by atoms with van der Waals surface area (Å²) in [5.74, 6) is -0.0549. The second kappa shape index (κ2) is 6.39. The summed E-state index contributed by atoms with van der Waals surface area (Å²) in [6.07, 6.45) is 0.734. The van der Waals surface area contributed by atoms with Crippen molar-refractivity contribution in [3.8, 4) is 0 Å². The summed E-state index contributed by atoms with van der Waals surface area (Å²) >= 11 is 1.64. The van der Waals surface area contributed by atoms with E-state index >= 15 is 0 Å². The maximum Gasteiger partial charge on any atom is 0.218 e. The predicted octanol–water partition coefficient (Wildman–Crippen LogP) is 2.33. The minimum Gasteiger partial charge on any atom is -0.398 e. The quantitative estimate of drug-likeness (QED) is 0.833. The lowest BCUT2D eigenvalue weighted by atomic mass is 10.2. The molecule has 1 heterocycles. The number of benzene rings is 1. The number of para-hydroxylation sites is 1. The molecule has 0 aliphatic carbocycles. The molecule has 0 bridgehead atoms. The van der Waals surface area contributed by atoms with E-state index in [1.54, 1.807) is 42.6 Å². The fourth-order valence-corrected chi connectivity index (χ4v) is 3.78. The Morgan fingerprint density at radius 1 is 1.20 bits per heavy atom. The van der Waals surface area contributed by atoms with E-state index in [0.717, 1.165) is 6.42 Å². The molecule has 0 saturated heterocycles. The molecule has 2 aromatic rings. The van der Waals surface area contributed by atoms with E-state index in [4.69, 9.17) is 5.73 Å². The van der Waals surface area contributed by atoms with Crippen molar-refractivity contribution in [3.05, 3.63) is 52.2 Å². The summed E-state index contributed by atoms with van der Waals surface area (Å²) in [6.45, 7) is 0.482. The fourth-order valence-electron chi connectivity index (χ4n) is 1.83. The third-order valence-corrected chi connectivity index (χ3v) is 5.87. The van der Waals surface area contributed by atoms with Crippen molar-refractivity contribution >= 4 is 27.0 Å². The van der Waals surface area contributed by atoms with E-state index in [-0.39, 0.29) is 5.75 Å². The lowest BCUT2D eigenvalue weighted by Gasteiger charge is -2.17. The number of hydrogen-bond acceptors (Lipinski definition) is 4.